The number of carbonyl (C=O) groups excluding carboxylic acids is 1. The number of hydrogen-bond donors (Lipinski definition) is 3. The van der Waals surface area contributed by atoms with E-state index in [4.69, 9.17) is 16.3 Å². The van der Waals surface area contributed by atoms with Crippen LogP contribution in [0, 0.1) is 0 Å². The molecule has 1 aromatic heterocycles. The lowest BCUT2D eigenvalue weighted by atomic mass is 10.0. The van der Waals surface area contributed by atoms with Crippen LogP contribution in [-0.2, 0) is 15.9 Å². The second kappa shape index (κ2) is 19.8. The summed E-state index contributed by atoms with van der Waals surface area (Å²) in [6.07, 6.45) is 8.41. The van der Waals surface area contributed by atoms with Crippen LogP contribution in [0.4, 0.5) is 34.5 Å². The average Bonchev–Trinajstić information content (AvgIpc) is 3.68. The van der Waals surface area contributed by atoms with Crippen LogP contribution in [-0.4, -0.2) is 136 Å². The van der Waals surface area contributed by atoms with Crippen LogP contribution in [0.5, 0.6) is 5.75 Å². The van der Waals surface area contributed by atoms with Crippen LogP contribution in [0.3, 0.4) is 0 Å². The minimum absolute atomic E-state index is 0.353. The van der Waals surface area contributed by atoms with Crippen molar-refractivity contribution in [3.8, 4) is 5.75 Å². The van der Waals surface area contributed by atoms with E-state index >= 15 is 0 Å². The Morgan fingerprint density at radius 3 is 2.50 bits per heavy atom. The van der Waals surface area contributed by atoms with Crippen LogP contribution in [0.2, 0.25) is 5.02 Å². The molecule has 0 bridgehead atoms. The summed E-state index contributed by atoms with van der Waals surface area (Å²) in [5.41, 5.74) is 6.90. The molecule has 3 N–H and O–H groups in total. The Hall–Kier alpha value is -4.61. The largest absolute Gasteiger partial charge is 0.494 e. The number of benzene rings is 3. The fourth-order valence-electron chi connectivity index (χ4n) is 9.69. The predicted molar refractivity (Wildman–Crippen MR) is 255 cm³/mol. The van der Waals surface area contributed by atoms with Gasteiger partial charge in [-0.3, -0.25) is 4.90 Å². The molecule has 5 heterocycles. The maximum absolute atomic E-state index is 12.9. The number of rotatable bonds is 15. The molecule has 0 aliphatic carbocycles. The number of aromatic nitrogens is 2. The molecular formula is C47H62ClN10O3P. The number of para-hydroxylation sites is 1. The lowest BCUT2D eigenvalue weighted by Crippen LogP contribution is -2.53. The van der Waals surface area contributed by atoms with Gasteiger partial charge in [-0.25, -0.2) is 9.78 Å². The zero-order valence-corrected chi connectivity index (χ0v) is 38.4. The van der Waals surface area contributed by atoms with Gasteiger partial charge in [0.2, 0.25) is 5.95 Å². The molecule has 3 saturated heterocycles. The summed E-state index contributed by atoms with van der Waals surface area (Å²) in [7, 11) is 1.34. The highest BCUT2D eigenvalue weighted by Gasteiger charge is 2.34. The van der Waals surface area contributed by atoms with E-state index in [0.717, 1.165) is 132 Å². The van der Waals surface area contributed by atoms with Crippen LogP contribution in [0.25, 0.3) is 5.70 Å². The zero-order valence-electron chi connectivity index (χ0n) is 36.7. The van der Waals surface area contributed by atoms with Gasteiger partial charge in [-0.2, -0.15) is 4.98 Å². The molecule has 1 atom stereocenters. The molecule has 0 radical (unpaired) electrons. The number of nitrogens with zero attached hydrogens (tertiary/aromatic N) is 7. The Bertz CT molecular complexity index is 2280. The van der Waals surface area contributed by atoms with E-state index in [-0.39, 0.29) is 0 Å². The first-order valence-corrected chi connectivity index (χ1v) is 25.2. The monoisotopic (exact) mass is 880 g/mol. The molecule has 62 heavy (non-hydrogen) atoms. The van der Waals surface area contributed by atoms with E-state index in [9.17, 15) is 9.36 Å². The Morgan fingerprint density at radius 1 is 0.952 bits per heavy atom. The molecule has 13 nitrogen and oxygen atoms in total. The average molecular weight is 882 g/mol. The normalized spacial score (nSPS) is 19.0. The summed E-state index contributed by atoms with van der Waals surface area (Å²) < 4.78 is 18.8. The standard InChI is InChI=1S/C47H62ClN10O3P/c1-54(42-14-9-12-37-38(42)32-58(43(37)33-59)36-11-10-20-49-30-36)21-7-8-22-55-25-27-57(28-26-55)34-18-23-56(24-19-34)35-16-17-40(44(29-35)61-2)52-47-50-31-39(48)46(53-47)51-41-13-5-6-15-45(41)62(3,4)60/h5-6,9,12-17,29,31,34,36,49H,7-8,10-11,18-28,30,32H2,1-4H3,(H2,50,51,52,53). The third-order valence-corrected chi connectivity index (χ3v) is 15.0. The quantitative estimate of drug-likeness (QED) is 0.0640. The molecule has 0 spiro atoms. The minimum Gasteiger partial charge on any atom is -0.494 e. The number of piperazine rings is 1. The number of hydrogen-bond acceptors (Lipinski definition) is 13. The van der Waals surface area contributed by atoms with Crippen molar-refractivity contribution in [3.05, 3.63) is 83.0 Å². The smallest absolute Gasteiger partial charge is 0.229 e. The molecule has 4 aliphatic heterocycles. The maximum Gasteiger partial charge on any atom is 0.229 e. The third-order valence-electron chi connectivity index (χ3n) is 13.1. The minimum atomic E-state index is -2.54. The van der Waals surface area contributed by atoms with E-state index < -0.39 is 7.14 Å². The summed E-state index contributed by atoms with van der Waals surface area (Å²) in [5, 5.41) is 11.2. The molecule has 15 heteroatoms. The number of anilines is 6. The highest BCUT2D eigenvalue weighted by Crippen LogP contribution is 2.41. The highest BCUT2D eigenvalue weighted by atomic mass is 35.5. The predicted octanol–water partition coefficient (Wildman–Crippen LogP) is 7.12. The topological polar surface area (TPSA) is 121 Å². The lowest BCUT2D eigenvalue weighted by Gasteiger charge is -2.43. The molecule has 3 aromatic carbocycles. The van der Waals surface area contributed by atoms with Crippen molar-refractivity contribution >= 4 is 70.2 Å². The number of methoxy groups -OCH3 is 1. The molecule has 0 amide bonds. The van der Waals surface area contributed by atoms with Gasteiger partial charge >= 0.3 is 0 Å². The van der Waals surface area contributed by atoms with E-state index in [1.165, 1.54) is 17.7 Å². The Kier molecular flexibility index (Phi) is 14.1. The van der Waals surface area contributed by atoms with Gasteiger partial charge in [-0.05, 0) is 95.3 Å². The number of fused-ring (bicyclic) bond motifs is 1. The number of nitrogens with one attached hydrogen (secondary N) is 3. The van der Waals surface area contributed by atoms with Crippen LogP contribution >= 0.6 is 18.7 Å². The van der Waals surface area contributed by atoms with Crippen molar-refractivity contribution in [1.29, 1.82) is 0 Å². The number of ether oxygens (including phenoxy) is 1. The molecule has 8 rings (SSSR count). The fraction of sp³-hybridized carbons (Fsp3) is 0.489. The summed E-state index contributed by atoms with van der Waals surface area (Å²) in [4.78, 5) is 33.7. The molecule has 1 unspecified atom stereocenters. The molecule has 4 aromatic rings. The first-order chi connectivity index (χ1) is 30.1. The van der Waals surface area contributed by atoms with Crippen LogP contribution < -0.4 is 35.8 Å². The van der Waals surface area contributed by atoms with Gasteiger partial charge in [0.1, 0.15) is 23.6 Å². The molecule has 330 valence electrons. The van der Waals surface area contributed by atoms with Crippen LogP contribution in [0.1, 0.15) is 49.7 Å². The Balaban J connectivity index is 0.776. The van der Waals surface area contributed by atoms with Crippen molar-refractivity contribution in [3.63, 3.8) is 0 Å². The second-order valence-corrected chi connectivity index (χ2v) is 21.1. The zero-order chi connectivity index (χ0) is 43.2. The van der Waals surface area contributed by atoms with Crippen molar-refractivity contribution in [1.82, 2.24) is 30.0 Å². The fourth-order valence-corrected chi connectivity index (χ4v) is 11.0. The van der Waals surface area contributed by atoms with Gasteiger partial charge in [0.05, 0.1) is 24.7 Å². The summed E-state index contributed by atoms with van der Waals surface area (Å²) in [6.45, 7) is 14.9. The first-order valence-electron chi connectivity index (χ1n) is 22.3. The van der Waals surface area contributed by atoms with Crippen molar-refractivity contribution in [2.24, 2.45) is 0 Å². The van der Waals surface area contributed by atoms with E-state index in [0.29, 0.717) is 40.3 Å². The van der Waals surface area contributed by atoms with Crippen molar-refractivity contribution in [2.45, 2.75) is 57.2 Å². The third kappa shape index (κ3) is 10.1. The summed E-state index contributed by atoms with van der Waals surface area (Å²) in [6, 6.07) is 21.1. The van der Waals surface area contributed by atoms with E-state index in [2.05, 4.69) is 93.7 Å². The summed E-state index contributed by atoms with van der Waals surface area (Å²) >= 11 is 6.50. The number of halogens is 1. The van der Waals surface area contributed by atoms with E-state index in [1.54, 1.807) is 26.6 Å². The molecule has 0 saturated carbocycles. The molecular weight excluding hydrogens is 819 g/mol. The Morgan fingerprint density at radius 2 is 1.76 bits per heavy atom. The molecule has 3 fully saturated rings. The highest BCUT2D eigenvalue weighted by molar-refractivity contribution is 7.70. The van der Waals surface area contributed by atoms with Gasteiger partial charge in [0, 0.05) is 112 Å². The van der Waals surface area contributed by atoms with Crippen molar-refractivity contribution in [2.75, 3.05) is 113 Å². The molecule has 4 aliphatic rings. The van der Waals surface area contributed by atoms with Gasteiger partial charge in [0.25, 0.3) is 0 Å². The number of piperidine rings is 2. The van der Waals surface area contributed by atoms with Crippen molar-refractivity contribution < 1.29 is 14.1 Å². The second-order valence-electron chi connectivity index (χ2n) is 17.5. The maximum atomic E-state index is 12.9. The first kappa shape index (κ1) is 44.0. The van der Waals surface area contributed by atoms with Crippen LogP contribution in [0.15, 0.2) is 66.9 Å². The van der Waals surface area contributed by atoms with E-state index in [1.807, 2.05) is 30.3 Å². The number of unbranched alkanes of at least 4 members (excludes halogenated alkanes) is 1. The lowest BCUT2D eigenvalue weighted by molar-refractivity contribution is 0.0841. The van der Waals surface area contributed by atoms with Gasteiger partial charge in [0.15, 0.2) is 11.8 Å². The summed E-state index contributed by atoms with van der Waals surface area (Å²) in [5.74, 6) is 3.79. The Labute approximate surface area is 372 Å². The van der Waals surface area contributed by atoms with Gasteiger partial charge < -0.3 is 44.9 Å². The van der Waals surface area contributed by atoms with Gasteiger partial charge in [-0.1, -0.05) is 35.9 Å². The SMILES string of the molecule is COc1cc(N2CCC(N3CCN(CCCCN(C)c4cccc5c4CN(C4CCCNC4)C5=C=O)CC3)CC2)ccc1Nc1ncc(Cl)c(Nc2ccccc2P(C)(C)=O)n1. The van der Waals surface area contributed by atoms with Gasteiger partial charge in [-0.15, -0.1) is 0 Å².